The number of hydrogen-bond acceptors (Lipinski definition) is 3. The number of rotatable bonds is 2. The van der Waals surface area contributed by atoms with Crippen molar-refractivity contribution in [3.05, 3.63) is 22.9 Å². The van der Waals surface area contributed by atoms with Crippen molar-refractivity contribution in [3.63, 3.8) is 0 Å². The van der Waals surface area contributed by atoms with Gasteiger partial charge in [0.15, 0.2) is 0 Å². The van der Waals surface area contributed by atoms with Crippen molar-refractivity contribution in [3.8, 4) is 0 Å². The van der Waals surface area contributed by atoms with E-state index in [-0.39, 0.29) is 6.61 Å². The standard InChI is InChI=1S/C14H20N2O/c1-9-5-10(2)15-14(13(9)8-17)16-7-11-3-4-12(16)6-11/h5,11-12,17H,3-4,6-8H2,1-2H3. The summed E-state index contributed by atoms with van der Waals surface area (Å²) < 4.78 is 0. The Hall–Kier alpha value is -1.09. The van der Waals surface area contributed by atoms with Gasteiger partial charge in [-0.05, 0) is 50.7 Å². The molecule has 2 aliphatic rings. The molecule has 1 aliphatic heterocycles. The van der Waals surface area contributed by atoms with Gasteiger partial charge in [0.25, 0.3) is 0 Å². The largest absolute Gasteiger partial charge is 0.392 e. The molecule has 3 nitrogen and oxygen atoms in total. The van der Waals surface area contributed by atoms with Gasteiger partial charge in [0.2, 0.25) is 0 Å². The highest BCUT2D eigenvalue weighted by atomic mass is 16.3. The maximum absolute atomic E-state index is 9.55. The highest BCUT2D eigenvalue weighted by Crippen LogP contribution is 2.41. The van der Waals surface area contributed by atoms with E-state index in [1.54, 1.807) is 0 Å². The average molecular weight is 232 g/mol. The number of anilines is 1. The lowest BCUT2D eigenvalue weighted by Gasteiger charge is -2.30. The number of aliphatic hydroxyl groups is 1. The first-order valence-electron chi connectivity index (χ1n) is 6.53. The molecule has 2 atom stereocenters. The van der Waals surface area contributed by atoms with Crippen LogP contribution in [-0.2, 0) is 6.61 Å². The second-order valence-electron chi connectivity index (χ2n) is 5.53. The summed E-state index contributed by atoms with van der Waals surface area (Å²) in [6.45, 7) is 5.33. The third kappa shape index (κ3) is 1.73. The van der Waals surface area contributed by atoms with Gasteiger partial charge in [-0.1, -0.05) is 0 Å². The molecule has 17 heavy (non-hydrogen) atoms. The molecule has 1 aliphatic carbocycles. The molecule has 0 aromatic carbocycles. The van der Waals surface area contributed by atoms with Crippen molar-refractivity contribution in [2.45, 2.75) is 45.8 Å². The topological polar surface area (TPSA) is 36.4 Å². The molecular formula is C14H20N2O. The zero-order chi connectivity index (χ0) is 12.0. The number of hydrogen-bond donors (Lipinski definition) is 1. The first kappa shape index (κ1) is 11.0. The van der Waals surface area contributed by atoms with Gasteiger partial charge in [-0.15, -0.1) is 0 Å². The summed E-state index contributed by atoms with van der Waals surface area (Å²) in [7, 11) is 0. The van der Waals surface area contributed by atoms with Crippen LogP contribution in [0.25, 0.3) is 0 Å². The molecule has 1 aromatic heterocycles. The maximum Gasteiger partial charge on any atom is 0.134 e. The zero-order valence-electron chi connectivity index (χ0n) is 10.6. The summed E-state index contributed by atoms with van der Waals surface area (Å²) >= 11 is 0. The molecule has 2 heterocycles. The summed E-state index contributed by atoms with van der Waals surface area (Å²) in [4.78, 5) is 7.10. The molecular weight excluding hydrogens is 212 g/mol. The minimum absolute atomic E-state index is 0.0995. The molecule has 0 amide bonds. The van der Waals surface area contributed by atoms with Crippen LogP contribution in [0.4, 0.5) is 5.82 Å². The van der Waals surface area contributed by atoms with E-state index in [1.165, 1.54) is 19.3 Å². The smallest absolute Gasteiger partial charge is 0.134 e. The first-order valence-corrected chi connectivity index (χ1v) is 6.53. The van der Waals surface area contributed by atoms with E-state index < -0.39 is 0 Å². The quantitative estimate of drug-likeness (QED) is 0.849. The third-order valence-electron chi connectivity index (χ3n) is 4.29. The van der Waals surface area contributed by atoms with Gasteiger partial charge in [-0.2, -0.15) is 0 Å². The van der Waals surface area contributed by atoms with Crippen LogP contribution >= 0.6 is 0 Å². The fourth-order valence-electron chi connectivity index (χ4n) is 3.46. The van der Waals surface area contributed by atoms with Gasteiger partial charge in [-0.25, -0.2) is 4.98 Å². The van der Waals surface area contributed by atoms with Crippen molar-refractivity contribution in [2.24, 2.45) is 5.92 Å². The highest BCUT2D eigenvalue weighted by Gasteiger charge is 2.39. The molecule has 3 rings (SSSR count). The number of fused-ring (bicyclic) bond motifs is 2. The summed E-state index contributed by atoms with van der Waals surface area (Å²) in [5.41, 5.74) is 3.23. The predicted molar refractivity (Wildman–Crippen MR) is 68.1 cm³/mol. The van der Waals surface area contributed by atoms with E-state index in [1.807, 2.05) is 6.92 Å². The van der Waals surface area contributed by atoms with Crippen molar-refractivity contribution >= 4 is 5.82 Å². The van der Waals surface area contributed by atoms with Gasteiger partial charge >= 0.3 is 0 Å². The zero-order valence-corrected chi connectivity index (χ0v) is 10.6. The second kappa shape index (κ2) is 3.98. The molecule has 1 saturated carbocycles. The van der Waals surface area contributed by atoms with Gasteiger partial charge in [0, 0.05) is 23.8 Å². The van der Waals surface area contributed by atoms with Crippen LogP contribution in [-0.4, -0.2) is 22.7 Å². The molecule has 2 bridgehead atoms. The summed E-state index contributed by atoms with van der Waals surface area (Å²) in [5.74, 6) is 1.89. The summed E-state index contributed by atoms with van der Waals surface area (Å²) in [6.07, 6.45) is 3.99. The number of piperidine rings is 1. The normalized spacial score (nSPS) is 26.9. The van der Waals surface area contributed by atoms with Crippen LogP contribution < -0.4 is 4.90 Å². The van der Waals surface area contributed by atoms with E-state index in [9.17, 15) is 5.11 Å². The molecule has 3 heteroatoms. The van der Waals surface area contributed by atoms with Crippen LogP contribution in [0.15, 0.2) is 6.07 Å². The Kier molecular flexibility index (Phi) is 2.58. The van der Waals surface area contributed by atoms with Crippen molar-refractivity contribution in [2.75, 3.05) is 11.4 Å². The van der Waals surface area contributed by atoms with Crippen LogP contribution in [0.3, 0.4) is 0 Å². The first-order chi connectivity index (χ1) is 8.19. The van der Waals surface area contributed by atoms with E-state index in [0.717, 1.165) is 35.1 Å². The molecule has 0 spiro atoms. The fraction of sp³-hybridized carbons (Fsp3) is 0.643. The van der Waals surface area contributed by atoms with Crippen molar-refractivity contribution < 1.29 is 5.11 Å². The average Bonchev–Trinajstić information content (AvgIpc) is 2.89. The minimum Gasteiger partial charge on any atom is -0.392 e. The Balaban J connectivity index is 2.02. The summed E-state index contributed by atoms with van der Waals surface area (Å²) in [6, 6.07) is 2.72. The third-order valence-corrected chi connectivity index (χ3v) is 4.29. The second-order valence-corrected chi connectivity index (χ2v) is 5.53. The van der Waals surface area contributed by atoms with Gasteiger partial charge in [0.1, 0.15) is 5.82 Å². The van der Waals surface area contributed by atoms with E-state index in [0.29, 0.717) is 6.04 Å². The number of nitrogens with zero attached hydrogens (tertiary/aromatic N) is 2. The fourth-order valence-corrected chi connectivity index (χ4v) is 3.46. The van der Waals surface area contributed by atoms with Crippen LogP contribution in [0.5, 0.6) is 0 Å². The lowest BCUT2D eigenvalue weighted by molar-refractivity contribution is 0.280. The van der Waals surface area contributed by atoms with Crippen molar-refractivity contribution in [1.29, 1.82) is 0 Å². The van der Waals surface area contributed by atoms with Crippen LogP contribution in [0.2, 0.25) is 0 Å². The Labute approximate surface area is 102 Å². The molecule has 1 aromatic rings. The van der Waals surface area contributed by atoms with Gasteiger partial charge in [0.05, 0.1) is 6.61 Å². The maximum atomic E-state index is 9.55. The number of aromatic nitrogens is 1. The molecule has 0 radical (unpaired) electrons. The minimum atomic E-state index is 0.0995. The molecule has 1 N–H and O–H groups in total. The van der Waals surface area contributed by atoms with Crippen molar-refractivity contribution in [1.82, 2.24) is 4.98 Å². The van der Waals surface area contributed by atoms with Gasteiger partial charge < -0.3 is 10.0 Å². The lowest BCUT2D eigenvalue weighted by Crippen LogP contribution is -2.33. The highest BCUT2D eigenvalue weighted by molar-refractivity contribution is 5.53. The van der Waals surface area contributed by atoms with Crippen LogP contribution in [0.1, 0.15) is 36.1 Å². The lowest BCUT2D eigenvalue weighted by atomic mass is 10.1. The molecule has 92 valence electrons. The molecule has 1 saturated heterocycles. The molecule has 2 fully saturated rings. The number of pyridine rings is 1. The Morgan fingerprint density at radius 3 is 2.82 bits per heavy atom. The van der Waals surface area contributed by atoms with E-state index in [4.69, 9.17) is 0 Å². The Bertz CT molecular complexity index is 444. The monoisotopic (exact) mass is 232 g/mol. The predicted octanol–water partition coefficient (Wildman–Crippen LogP) is 2.18. The summed E-state index contributed by atoms with van der Waals surface area (Å²) in [5, 5.41) is 9.55. The van der Waals surface area contributed by atoms with E-state index >= 15 is 0 Å². The number of aryl methyl sites for hydroxylation is 2. The van der Waals surface area contributed by atoms with Gasteiger partial charge in [-0.3, -0.25) is 0 Å². The van der Waals surface area contributed by atoms with Crippen LogP contribution in [0, 0.1) is 19.8 Å². The number of aliphatic hydroxyl groups excluding tert-OH is 1. The Morgan fingerprint density at radius 2 is 2.24 bits per heavy atom. The van der Waals surface area contributed by atoms with E-state index in [2.05, 4.69) is 22.9 Å². The molecule has 2 unspecified atom stereocenters. The Morgan fingerprint density at radius 1 is 1.41 bits per heavy atom. The SMILES string of the molecule is Cc1cc(C)c(CO)c(N2CC3CCC2C3)n1.